The van der Waals surface area contributed by atoms with E-state index in [4.69, 9.17) is 4.74 Å². The number of nitrogens with zero attached hydrogens (tertiary/aromatic N) is 1. The summed E-state index contributed by atoms with van der Waals surface area (Å²) in [6.07, 6.45) is 5.58. The van der Waals surface area contributed by atoms with Gasteiger partial charge in [-0.25, -0.2) is 0 Å². The molecule has 3 aromatic rings. The van der Waals surface area contributed by atoms with Crippen LogP contribution in [0.15, 0.2) is 59.4 Å². The molecule has 0 unspecified atom stereocenters. The summed E-state index contributed by atoms with van der Waals surface area (Å²) >= 11 is 1.49. The van der Waals surface area contributed by atoms with E-state index in [-0.39, 0.29) is 22.8 Å². The number of carbonyl (C=O) groups excluding carboxylic acids is 1. The van der Waals surface area contributed by atoms with Crippen molar-refractivity contribution < 1.29 is 9.53 Å². The number of amides is 1. The molecule has 0 radical (unpaired) electrons. The third kappa shape index (κ3) is 4.35. The second-order valence-corrected chi connectivity index (χ2v) is 9.54. The van der Waals surface area contributed by atoms with Gasteiger partial charge in [0.05, 0.1) is 22.6 Å². The standard InChI is InChI=1S/C25H27N3O3S/c29-21-16-32-23(18-11-13-20(14-12-18)31-15-17-7-3-1-4-8-17)22-24(26-21)28(27-25(22)30)19-9-5-2-6-10-19/h1,3-4,7-8,11-14,19,23H,2,5-6,9-10,15-16H2,(H,26,29)(H,27,30)/t23-/m0/s1. The van der Waals surface area contributed by atoms with Crippen LogP contribution >= 0.6 is 11.8 Å². The van der Waals surface area contributed by atoms with Crippen LogP contribution in [0.4, 0.5) is 5.82 Å². The Morgan fingerprint density at radius 3 is 2.47 bits per heavy atom. The Balaban J connectivity index is 1.41. The van der Waals surface area contributed by atoms with Crippen molar-refractivity contribution in [2.45, 2.75) is 50.0 Å². The number of thioether (sulfide) groups is 1. The molecule has 1 saturated carbocycles. The number of benzene rings is 2. The van der Waals surface area contributed by atoms with Crippen LogP contribution in [-0.4, -0.2) is 21.4 Å². The van der Waals surface area contributed by atoms with Gasteiger partial charge in [0.2, 0.25) is 5.91 Å². The highest BCUT2D eigenvalue weighted by Gasteiger charge is 2.32. The number of H-pyrrole nitrogens is 1. The largest absolute Gasteiger partial charge is 0.489 e. The van der Waals surface area contributed by atoms with Crippen molar-refractivity contribution in [3.05, 3.63) is 81.6 Å². The van der Waals surface area contributed by atoms with Crippen LogP contribution < -0.4 is 15.6 Å². The summed E-state index contributed by atoms with van der Waals surface area (Å²) in [5.41, 5.74) is 2.63. The molecule has 2 aliphatic rings. The molecular formula is C25H27N3O3S. The molecule has 1 fully saturated rings. The van der Waals surface area contributed by atoms with E-state index < -0.39 is 0 Å². The lowest BCUT2D eigenvalue weighted by atomic mass is 9.95. The summed E-state index contributed by atoms with van der Waals surface area (Å²) in [5.74, 6) is 1.67. The zero-order valence-electron chi connectivity index (χ0n) is 17.9. The molecule has 1 amide bonds. The maximum atomic E-state index is 13.0. The number of ether oxygens (including phenoxy) is 1. The molecule has 1 aromatic heterocycles. The maximum absolute atomic E-state index is 13.0. The van der Waals surface area contributed by atoms with E-state index in [1.54, 1.807) is 0 Å². The number of nitrogens with one attached hydrogen (secondary N) is 2. The van der Waals surface area contributed by atoms with E-state index in [1.807, 2.05) is 59.3 Å². The topological polar surface area (TPSA) is 76.1 Å². The van der Waals surface area contributed by atoms with E-state index in [9.17, 15) is 9.59 Å². The number of aromatic amines is 1. The zero-order chi connectivity index (χ0) is 21.9. The van der Waals surface area contributed by atoms with Crippen molar-refractivity contribution in [2.24, 2.45) is 0 Å². The monoisotopic (exact) mass is 449 g/mol. The summed E-state index contributed by atoms with van der Waals surface area (Å²) in [5, 5.41) is 5.83. The molecule has 1 aliphatic heterocycles. The minimum atomic E-state index is -0.208. The quantitative estimate of drug-likeness (QED) is 0.572. The number of fused-ring (bicyclic) bond motifs is 1. The zero-order valence-corrected chi connectivity index (χ0v) is 18.7. The van der Waals surface area contributed by atoms with Gasteiger partial charge in [-0.1, -0.05) is 61.7 Å². The number of carbonyl (C=O) groups is 1. The van der Waals surface area contributed by atoms with Gasteiger partial charge >= 0.3 is 0 Å². The summed E-state index contributed by atoms with van der Waals surface area (Å²) in [7, 11) is 0. The van der Waals surface area contributed by atoms with E-state index in [2.05, 4.69) is 10.4 Å². The van der Waals surface area contributed by atoms with Gasteiger partial charge in [-0.3, -0.25) is 19.4 Å². The Kier molecular flexibility index (Phi) is 6.08. The predicted octanol–water partition coefficient (Wildman–Crippen LogP) is 5.04. The fraction of sp³-hybridized carbons (Fsp3) is 0.360. The van der Waals surface area contributed by atoms with Crippen LogP contribution in [0.5, 0.6) is 5.75 Å². The molecule has 5 rings (SSSR count). The average molecular weight is 450 g/mol. The van der Waals surface area contributed by atoms with Crippen LogP contribution in [0.1, 0.15) is 60.1 Å². The molecule has 0 bridgehead atoms. The Morgan fingerprint density at radius 2 is 1.72 bits per heavy atom. The van der Waals surface area contributed by atoms with Gasteiger partial charge in [0.25, 0.3) is 5.56 Å². The predicted molar refractivity (Wildman–Crippen MR) is 127 cm³/mol. The lowest BCUT2D eigenvalue weighted by molar-refractivity contribution is -0.113. The van der Waals surface area contributed by atoms with Crippen LogP contribution in [0.25, 0.3) is 0 Å². The van der Waals surface area contributed by atoms with E-state index in [0.29, 0.717) is 23.7 Å². The molecular weight excluding hydrogens is 422 g/mol. The fourth-order valence-electron chi connectivity index (χ4n) is 4.60. The number of aromatic nitrogens is 2. The van der Waals surface area contributed by atoms with Gasteiger partial charge < -0.3 is 10.1 Å². The first-order valence-corrected chi connectivity index (χ1v) is 12.3. The summed E-state index contributed by atoms with van der Waals surface area (Å²) < 4.78 is 7.83. The van der Waals surface area contributed by atoms with Crippen molar-refractivity contribution in [3.63, 3.8) is 0 Å². The van der Waals surface area contributed by atoms with Gasteiger partial charge in [-0.05, 0) is 36.1 Å². The van der Waals surface area contributed by atoms with Crippen molar-refractivity contribution in [1.82, 2.24) is 9.78 Å². The third-order valence-corrected chi connectivity index (χ3v) is 7.50. The maximum Gasteiger partial charge on any atom is 0.270 e. The van der Waals surface area contributed by atoms with E-state index in [1.165, 1.54) is 18.2 Å². The van der Waals surface area contributed by atoms with Crippen LogP contribution in [-0.2, 0) is 11.4 Å². The highest BCUT2D eigenvalue weighted by atomic mass is 32.2. The Hall–Kier alpha value is -2.93. The van der Waals surface area contributed by atoms with Gasteiger partial charge in [0.1, 0.15) is 18.2 Å². The molecule has 2 heterocycles. The van der Waals surface area contributed by atoms with Crippen molar-refractivity contribution >= 4 is 23.5 Å². The number of hydrogen-bond donors (Lipinski definition) is 2. The molecule has 6 nitrogen and oxygen atoms in total. The Morgan fingerprint density at radius 1 is 0.969 bits per heavy atom. The lowest BCUT2D eigenvalue weighted by Crippen LogP contribution is -2.21. The van der Waals surface area contributed by atoms with Gasteiger partial charge in [0, 0.05) is 0 Å². The van der Waals surface area contributed by atoms with Crippen molar-refractivity contribution in [1.29, 1.82) is 0 Å². The number of hydrogen-bond acceptors (Lipinski definition) is 4. The second-order valence-electron chi connectivity index (χ2n) is 8.45. The van der Waals surface area contributed by atoms with Crippen LogP contribution in [0.2, 0.25) is 0 Å². The van der Waals surface area contributed by atoms with Gasteiger partial charge in [0.15, 0.2) is 0 Å². The Bertz CT molecular complexity index is 1130. The van der Waals surface area contributed by atoms with Crippen molar-refractivity contribution in [2.75, 3.05) is 11.1 Å². The minimum absolute atomic E-state index is 0.0647. The lowest BCUT2D eigenvalue weighted by Gasteiger charge is -2.24. The molecule has 166 valence electrons. The van der Waals surface area contributed by atoms with Gasteiger partial charge in [-0.2, -0.15) is 0 Å². The molecule has 1 atom stereocenters. The van der Waals surface area contributed by atoms with Crippen molar-refractivity contribution in [3.8, 4) is 5.75 Å². The molecule has 2 aromatic carbocycles. The first-order valence-electron chi connectivity index (χ1n) is 11.2. The summed E-state index contributed by atoms with van der Waals surface area (Å²) in [6, 6.07) is 18.1. The highest BCUT2D eigenvalue weighted by molar-refractivity contribution is 8.00. The number of anilines is 1. The summed E-state index contributed by atoms with van der Waals surface area (Å²) in [4.78, 5) is 25.5. The number of rotatable bonds is 5. The summed E-state index contributed by atoms with van der Waals surface area (Å²) in [6.45, 7) is 0.505. The second kappa shape index (κ2) is 9.28. The highest BCUT2D eigenvalue weighted by Crippen LogP contribution is 2.42. The first kappa shape index (κ1) is 20.9. The average Bonchev–Trinajstić information content (AvgIpc) is 3.04. The SMILES string of the molecule is O=C1CS[C@@H](c2ccc(OCc3ccccc3)cc2)c2c(n(C3CCCCC3)[nH]c2=O)N1. The Labute approximate surface area is 191 Å². The fourth-order valence-corrected chi connectivity index (χ4v) is 5.73. The normalized spacial score (nSPS) is 19.1. The molecule has 7 heteroatoms. The third-order valence-electron chi connectivity index (χ3n) is 6.23. The molecule has 0 spiro atoms. The molecule has 32 heavy (non-hydrogen) atoms. The molecule has 0 saturated heterocycles. The minimum Gasteiger partial charge on any atom is -0.489 e. The van der Waals surface area contributed by atoms with E-state index >= 15 is 0 Å². The molecule has 2 N–H and O–H groups in total. The first-order chi connectivity index (χ1) is 15.7. The smallest absolute Gasteiger partial charge is 0.270 e. The van der Waals surface area contributed by atoms with Gasteiger partial charge in [-0.15, -0.1) is 11.8 Å². The van der Waals surface area contributed by atoms with E-state index in [0.717, 1.165) is 42.6 Å². The van der Waals surface area contributed by atoms with Crippen LogP contribution in [0.3, 0.4) is 0 Å². The van der Waals surface area contributed by atoms with Crippen LogP contribution in [0, 0.1) is 0 Å². The molecule has 1 aliphatic carbocycles.